The third-order valence-electron chi connectivity index (χ3n) is 2.21. The highest BCUT2D eigenvalue weighted by atomic mass is 79.9. The van der Waals surface area contributed by atoms with Crippen molar-refractivity contribution < 1.29 is 13.5 Å². The van der Waals surface area contributed by atoms with E-state index in [1.54, 1.807) is 11.4 Å². The van der Waals surface area contributed by atoms with Gasteiger partial charge in [0.25, 0.3) is 10.0 Å². The molecule has 0 saturated heterocycles. The third kappa shape index (κ3) is 5.05. The molecule has 0 aliphatic rings. The second-order valence-corrected chi connectivity index (χ2v) is 7.32. The number of hydrogen-bond acceptors (Lipinski definition) is 4. The van der Waals surface area contributed by atoms with Crippen molar-refractivity contribution in [3.05, 3.63) is 15.9 Å². The first-order valence-corrected chi connectivity index (χ1v) is 8.57. The Labute approximate surface area is 114 Å². The van der Waals surface area contributed by atoms with Crippen LogP contribution in [-0.2, 0) is 10.0 Å². The molecule has 0 atom stereocenters. The molecule has 2 N–H and O–H groups in total. The van der Waals surface area contributed by atoms with Crippen LogP contribution in [0.3, 0.4) is 0 Å². The van der Waals surface area contributed by atoms with E-state index >= 15 is 0 Å². The highest BCUT2D eigenvalue weighted by Crippen LogP contribution is 2.27. The Morgan fingerprint density at radius 1 is 1.29 bits per heavy atom. The number of sulfonamides is 1. The molecule has 98 valence electrons. The maximum Gasteiger partial charge on any atom is 0.251 e. The molecule has 17 heavy (non-hydrogen) atoms. The van der Waals surface area contributed by atoms with Gasteiger partial charge in [-0.25, -0.2) is 13.1 Å². The molecule has 0 fully saturated rings. The number of thiophene rings is 1. The quantitative estimate of drug-likeness (QED) is 0.713. The Morgan fingerprint density at radius 3 is 2.59 bits per heavy atom. The average Bonchev–Trinajstić information content (AvgIpc) is 2.70. The van der Waals surface area contributed by atoms with E-state index in [0.29, 0.717) is 15.2 Å². The van der Waals surface area contributed by atoms with Gasteiger partial charge in [-0.3, -0.25) is 0 Å². The maximum absolute atomic E-state index is 11.8. The summed E-state index contributed by atoms with van der Waals surface area (Å²) in [4.78, 5) is 0. The molecule has 4 nitrogen and oxygen atoms in total. The minimum absolute atomic E-state index is 0.202. The monoisotopic (exact) mass is 341 g/mol. The van der Waals surface area contributed by atoms with Gasteiger partial charge in [0.05, 0.1) is 0 Å². The molecule has 0 aliphatic carbocycles. The summed E-state index contributed by atoms with van der Waals surface area (Å²) < 4.78 is 27.2. The van der Waals surface area contributed by atoms with Gasteiger partial charge in [-0.15, -0.1) is 11.3 Å². The number of unbranched alkanes of at least 4 members (excludes halogenated alkanes) is 3. The molecule has 0 aromatic carbocycles. The van der Waals surface area contributed by atoms with Crippen LogP contribution in [0.1, 0.15) is 25.7 Å². The lowest BCUT2D eigenvalue weighted by Gasteiger charge is -2.05. The average molecular weight is 342 g/mol. The van der Waals surface area contributed by atoms with Crippen molar-refractivity contribution in [2.24, 2.45) is 0 Å². The zero-order chi connectivity index (χ0) is 12.7. The molecule has 0 amide bonds. The summed E-state index contributed by atoms with van der Waals surface area (Å²) in [6.07, 6.45) is 3.43. The number of halogens is 1. The topological polar surface area (TPSA) is 66.4 Å². The Morgan fingerprint density at radius 2 is 2.00 bits per heavy atom. The molecule has 1 aromatic heterocycles. The normalized spacial score (nSPS) is 11.9. The first-order valence-electron chi connectivity index (χ1n) is 5.41. The molecular formula is C10H16BrNO3S2. The van der Waals surface area contributed by atoms with Crippen molar-refractivity contribution in [2.45, 2.75) is 29.9 Å². The minimum Gasteiger partial charge on any atom is -0.396 e. The first-order chi connectivity index (χ1) is 8.08. The van der Waals surface area contributed by atoms with E-state index in [0.717, 1.165) is 25.7 Å². The van der Waals surface area contributed by atoms with Crippen LogP contribution in [0.2, 0.25) is 0 Å². The summed E-state index contributed by atoms with van der Waals surface area (Å²) in [7, 11) is -3.37. The number of rotatable bonds is 8. The van der Waals surface area contributed by atoms with Crippen LogP contribution in [0.4, 0.5) is 0 Å². The standard InChI is InChI=1S/C10H16BrNO3S2/c11-9-5-8-16-10(9)17(14,15)12-6-3-1-2-4-7-13/h5,8,12-13H,1-4,6-7H2. The van der Waals surface area contributed by atoms with E-state index in [-0.39, 0.29) is 6.61 Å². The number of aliphatic hydroxyl groups is 1. The lowest BCUT2D eigenvalue weighted by atomic mass is 10.2. The van der Waals surface area contributed by atoms with Crippen LogP contribution >= 0.6 is 27.3 Å². The molecule has 0 spiro atoms. The van der Waals surface area contributed by atoms with Crippen LogP contribution in [0.25, 0.3) is 0 Å². The van der Waals surface area contributed by atoms with Crippen molar-refractivity contribution in [2.75, 3.05) is 13.2 Å². The lowest BCUT2D eigenvalue weighted by molar-refractivity contribution is 0.282. The number of nitrogens with one attached hydrogen (secondary N) is 1. The zero-order valence-corrected chi connectivity index (χ0v) is 12.6. The van der Waals surface area contributed by atoms with Crippen LogP contribution in [-0.4, -0.2) is 26.7 Å². The maximum atomic E-state index is 11.8. The van der Waals surface area contributed by atoms with E-state index in [1.165, 1.54) is 11.3 Å². The van der Waals surface area contributed by atoms with Crippen LogP contribution in [0, 0.1) is 0 Å². The van der Waals surface area contributed by atoms with Gasteiger partial charge in [0.2, 0.25) is 0 Å². The van der Waals surface area contributed by atoms with Crippen molar-refractivity contribution in [3.63, 3.8) is 0 Å². The highest BCUT2D eigenvalue weighted by Gasteiger charge is 2.17. The van der Waals surface area contributed by atoms with E-state index in [1.807, 2.05) is 0 Å². The Balaban J connectivity index is 2.34. The predicted molar refractivity (Wildman–Crippen MR) is 72.8 cm³/mol. The molecule has 1 aromatic rings. The van der Waals surface area contributed by atoms with E-state index in [4.69, 9.17) is 5.11 Å². The van der Waals surface area contributed by atoms with Crippen molar-refractivity contribution in [1.82, 2.24) is 4.72 Å². The fourth-order valence-corrected chi connectivity index (χ4v) is 4.79. The first kappa shape index (κ1) is 15.1. The molecule has 0 saturated carbocycles. The van der Waals surface area contributed by atoms with Gasteiger partial charge in [-0.05, 0) is 40.2 Å². The molecular weight excluding hydrogens is 326 g/mol. The van der Waals surface area contributed by atoms with Crippen molar-refractivity contribution >= 4 is 37.3 Å². The second kappa shape index (κ2) is 7.48. The van der Waals surface area contributed by atoms with Gasteiger partial charge in [0, 0.05) is 17.6 Å². The van der Waals surface area contributed by atoms with Crippen LogP contribution in [0.15, 0.2) is 20.1 Å². The zero-order valence-electron chi connectivity index (χ0n) is 9.36. The summed E-state index contributed by atoms with van der Waals surface area (Å²) in [5, 5.41) is 10.3. The predicted octanol–water partition coefficient (Wildman–Crippen LogP) is 2.34. The largest absolute Gasteiger partial charge is 0.396 e. The van der Waals surface area contributed by atoms with Gasteiger partial charge in [-0.1, -0.05) is 12.8 Å². The van der Waals surface area contributed by atoms with Gasteiger partial charge in [-0.2, -0.15) is 0 Å². The Kier molecular flexibility index (Phi) is 6.65. The fourth-order valence-electron chi connectivity index (χ4n) is 1.33. The smallest absolute Gasteiger partial charge is 0.251 e. The van der Waals surface area contributed by atoms with Gasteiger partial charge >= 0.3 is 0 Å². The molecule has 0 aliphatic heterocycles. The summed E-state index contributed by atoms with van der Waals surface area (Å²) in [5.74, 6) is 0. The molecule has 0 unspecified atom stereocenters. The van der Waals surface area contributed by atoms with E-state index in [9.17, 15) is 8.42 Å². The second-order valence-electron chi connectivity index (χ2n) is 3.59. The van der Waals surface area contributed by atoms with E-state index in [2.05, 4.69) is 20.7 Å². The molecule has 1 heterocycles. The summed E-state index contributed by atoms with van der Waals surface area (Å²) >= 11 is 4.41. The number of aliphatic hydroxyl groups excluding tert-OH is 1. The summed E-state index contributed by atoms with van der Waals surface area (Å²) in [5.41, 5.74) is 0. The van der Waals surface area contributed by atoms with Gasteiger partial charge < -0.3 is 5.11 Å². The van der Waals surface area contributed by atoms with Crippen molar-refractivity contribution in [1.29, 1.82) is 0 Å². The molecule has 1 rings (SSSR count). The molecule has 0 radical (unpaired) electrons. The fraction of sp³-hybridized carbons (Fsp3) is 0.600. The Bertz CT molecular complexity index is 431. The molecule has 7 heteroatoms. The van der Waals surface area contributed by atoms with Gasteiger partial charge in [0.15, 0.2) is 0 Å². The summed E-state index contributed by atoms with van der Waals surface area (Å²) in [6, 6.07) is 1.72. The summed E-state index contributed by atoms with van der Waals surface area (Å²) in [6.45, 7) is 0.645. The third-order valence-corrected chi connectivity index (χ3v) is 6.34. The van der Waals surface area contributed by atoms with Crippen LogP contribution < -0.4 is 4.72 Å². The number of hydrogen-bond donors (Lipinski definition) is 2. The van der Waals surface area contributed by atoms with Gasteiger partial charge in [0.1, 0.15) is 4.21 Å². The minimum atomic E-state index is -3.37. The van der Waals surface area contributed by atoms with Crippen LogP contribution in [0.5, 0.6) is 0 Å². The van der Waals surface area contributed by atoms with E-state index < -0.39 is 10.0 Å². The Hall–Kier alpha value is 0.0500. The lowest BCUT2D eigenvalue weighted by Crippen LogP contribution is -2.24. The van der Waals surface area contributed by atoms with Crippen molar-refractivity contribution in [3.8, 4) is 0 Å². The SMILES string of the molecule is O=S(=O)(NCCCCCCO)c1sccc1Br. The molecule has 0 bridgehead atoms. The highest BCUT2D eigenvalue weighted by molar-refractivity contribution is 9.10.